The van der Waals surface area contributed by atoms with Crippen LogP contribution < -0.4 is 0 Å². The van der Waals surface area contributed by atoms with Gasteiger partial charge in [0.25, 0.3) is 0 Å². The Balaban J connectivity index is 3.10. The minimum Gasteiger partial charge on any atom is -0.289 e. The highest BCUT2D eigenvalue weighted by atomic mass is 16.8. The lowest BCUT2D eigenvalue weighted by atomic mass is 10.0. The normalized spacial score (nSPS) is 12.9. The van der Waals surface area contributed by atoms with Crippen molar-refractivity contribution in [2.24, 2.45) is 0 Å². The predicted molar refractivity (Wildman–Crippen MR) is 99.0 cm³/mol. The summed E-state index contributed by atoms with van der Waals surface area (Å²) in [5, 5.41) is 18.4. The van der Waals surface area contributed by atoms with Gasteiger partial charge in [-0.2, -0.15) is 0 Å². The van der Waals surface area contributed by atoms with Gasteiger partial charge >= 0.3 is 0 Å². The van der Waals surface area contributed by atoms with Crippen LogP contribution in [-0.2, 0) is 0 Å². The van der Waals surface area contributed by atoms with Crippen molar-refractivity contribution in [1.29, 1.82) is 0 Å². The van der Waals surface area contributed by atoms with Crippen LogP contribution in [-0.4, -0.2) is 21.7 Å². The smallest absolute Gasteiger partial charge is 0.0621 e. The van der Waals surface area contributed by atoms with Gasteiger partial charge in [-0.3, -0.25) is 10.4 Å². The fourth-order valence-corrected chi connectivity index (χ4v) is 3.23. The highest BCUT2D eigenvalue weighted by Gasteiger charge is 2.11. The van der Waals surface area contributed by atoms with E-state index >= 15 is 0 Å². The largest absolute Gasteiger partial charge is 0.289 e. The summed E-state index contributed by atoms with van der Waals surface area (Å²) in [6, 6.07) is -0.0861. The van der Waals surface area contributed by atoms with E-state index in [1.165, 1.54) is 89.9 Å². The summed E-state index contributed by atoms with van der Waals surface area (Å²) in [6.07, 6.45) is 22.2. The van der Waals surface area contributed by atoms with Gasteiger partial charge in [-0.15, -0.1) is 0 Å². The topological polar surface area (TPSA) is 43.7 Å². The highest BCUT2D eigenvalue weighted by Crippen LogP contribution is 2.15. The number of hydroxylamine groups is 2. The lowest BCUT2D eigenvalue weighted by Crippen LogP contribution is -2.28. The van der Waals surface area contributed by atoms with E-state index in [-0.39, 0.29) is 6.04 Å². The van der Waals surface area contributed by atoms with Gasteiger partial charge in [-0.1, -0.05) is 115 Å². The maximum Gasteiger partial charge on any atom is 0.0621 e. The third kappa shape index (κ3) is 16.5. The number of hydrogen-bond donors (Lipinski definition) is 2. The van der Waals surface area contributed by atoms with Gasteiger partial charge in [-0.25, -0.2) is 0 Å². The van der Waals surface area contributed by atoms with E-state index in [1.807, 2.05) is 6.92 Å². The van der Waals surface area contributed by atoms with Crippen molar-refractivity contribution in [2.75, 3.05) is 0 Å². The molecule has 3 nitrogen and oxygen atoms in total. The highest BCUT2D eigenvalue weighted by molar-refractivity contribution is 4.58. The Morgan fingerprint density at radius 2 is 0.913 bits per heavy atom. The molecule has 0 aliphatic rings. The molecule has 0 amide bonds. The average molecular weight is 330 g/mol. The SMILES string of the molecule is CCCCCCCCCCCCCCCCCC(CC)N(O)O. The van der Waals surface area contributed by atoms with Crippen LogP contribution in [0.1, 0.15) is 123 Å². The molecular weight excluding hydrogens is 286 g/mol. The quantitative estimate of drug-likeness (QED) is 0.208. The molecule has 0 spiro atoms. The first-order valence-corrected chi connectivity index (χ1v) is 10.4. The van der Waals surface area contributed by atoms with Gasteiger partial charge in [0.15, 0.2) is 0 Å². The van der Waals surface area contributed by atoms with Crippen molar-refractivity contribution < 1.29 is 10.4 Å². The van der Waals surface area contributed by atoms with Crippen LogP contribution in [0.25, 0.3) is 0 Å². The molecule has 0 aromatic rings. The zero-order chi connectivity index (χ0) is 17.2. The van der Waals surface area contributed by atoms with E-state index in [4.69, 9.17) is 10.4 Å². The summed E-state index contributed by atoms with van der Waals surface area (Å²) < 4.78 is 0. The first-order chi connectivity index (χ1) is 11.2. The molecule has 23 heavy (non-hydrogen) atoms. The summed E-state index contributed by atoms with van der Waals surface area (Å²) in [7, 11) is 0. The fraction of sp³-hybridized carbons (Fsp3) is 1.00. The maximum atomic E-state index is 9.02. The second-order valence-electron chi connectivity index (χ2n) is 7.12. The molecule has 0 bridgehead atoms. The van der Waals surface area contributed by atoms with Crippen molar-refractivity contribution >= 4 is 0 Å². The van der Waals surface area contributed by atoms with E-state index in [0.717, 1.165) is 19.3 Å². The third-order valence-electron chi connectivity index (χ3n) is 4.94. The summed E-state index contributed by atoms with van der Waals surface area (Å²) in [5.41, 5.74) is 0. The van der Waals surface area contributed by atoms with Gasteiger partial charge in [-0.05, 0) is 12.8 Å². The lowest BCUT2D eigenvalue weighted by Gasteiger charge is -2.18. The van der Waals surface area contributed by atoms with Crippen LogP contribution in [0.5, 0.6) is 0 Å². The molecule has 0 heterocycles. The van der Waals surface area contributed by atoms with Crippen LogP contribution in [0, 0.1) is 0 Å². The third-order valence-corrected chi connectivity index (χ3v) is 4.94. The average Bonchev–Trinajstić information content (AvgIpc) is 2.54. The van der Waals surface area contributed by atoms with Gasteiger partial charge in [0.2, 0.25) is 0 Å². The van der Waals surface area contributed by atoms with E-state index in [9.17, 15) is 0 Å². The molecule has 1 unspecified atom stereocenters. The molecule has 0 aromatic carbocycles. The molecule has 0 aliphatic carbocycles. The number of rotatable bonds is 18. The summed E-state index contributed by atoms with van der Waals surface area (Å²) in [6.45, 7) is 4.27. The van der Waals surface area contributed by atoms with Gasteiger partial charge < -0.3 is 0 Å². The molecule has 1 atom stereocenters. The van der Waals surface area contributed by atoms with Crippen LogP contribution in [0.3, 0.4) is 0 Å². The van der Waals surface area contributed by atoms with Crippen molar-refractivity contribution in [3.05, 3.63) is 0 Å². The fourth-order valence-electron chi connectivity index (χ4n) is 3.23. The molecule has 0 radical (unpaired) electrons. The van der Waals surface area contributed by atoms with Crippen molar-refractivity contribution in [3.8, 4) is 0 Å². The molecule has 0 fully saturated rings. The number of hydrogen-bond acceptors (Lipinski definition) is 3. The molecule has 3 heteroatoms. The van der Waals surface area contributed by atoms with E-state index in [2.05, 4.69) is 6.92 Å². The van der Waals surface area contributed by atoms with Gasteiger partial charge in [0, 0.05) is 0 Å². The Hall–Kier alpha value is -0.120. The van der Waals surface area contributed by atoms with Crippen LogP contribution in [0.15, 0.2) is 0 Å². The Labute approximate surface area is 145 Å². The zero-order valence-electron chi connectivity index (χ0n) is 15.9. The molecule has 0 saturated heterocycles. The molecule has 0 aliphatic heterocycles. The Bertz CT molecular complexity index is 222. The molecule has 0 saturated carbocycles. The lowest BCUT2D eigenvalue weighted by molar-refractivity contribution is -0.333. The second kappa shape index (κ2) is 18.2. The molecule has 140 valence electrons. The predicted octanol–water partition coefficient (Wildman–Crippen LogP) is 7.11. The van der Waals surface area contributed by atoms with E-state index in [0.29, 0.717) is 5.23 Å². The summed E-state index contributed by atoms with van der Waals surface area (Å²) in [5.74, 6) is 0. The van der Waals surface area contributed by atoms with Crippen molar-refractivity contribution in [1.82, 2.24) is 5.23 Å². The van der Waals surface area contributed by atoms with E-state index < -0.39 is 0 Å². The standard InChI is InChI=1S/C20H43NO2/c1-3-5-6-7-8-9-10-11-12-13-14-15-16-17-18-19-20(4-2)21(22)23/h20,22-23H,3-19H2,1-2H3. The zero-order valence-corrected chi connectivity index (χ0v) is 15.9. The Morgan fingerprint density at radius 1 is 0.565 bits per heavy atom. The van der Waals surface area contributed by atoms with Crippen LogP contribution in [0.2, 0.25) is 0 Å². The van der Waals surface area contributed by atoms with Crippen LogP contribution in [0.4, 0.5) is 0 Å². The maximum absolute atomic E-state index is 9.02. The molecule has 2 N–H and O–H groups in total. The minimum atomic E-state index is -0.0861. The van der Waals surface area contributed by atoms with E-state index in [1.54, 1.807) is 0 Å². The molecule has 0 aromatic heterocycles. The Kier molecular flexibility index (Phi) is 18.1. The van der Waals surface area contributed by atoms with Crippen LogP contribution >= 0.6 is 0 Å². The minimum absolute atomic E-state index is 0.0861. The molecular formula is C20H43NO2. The van der Waals surface area contributed by atoms with Gasteiger partial charge in [0.05, 0.1) is 6.04 Å². The first-order valence-electron chi connectivity index (χ1n) is 10.4. The molecule has 0 rings (SSSR count). The van der Waals surface area contributed by atoms with Gasteiger partial charge in [0.1, 0.15) is 0 Å². The first kappa shape index (κ1) is 22.9. The Morgan fingerprint density at radius 3 is 1.22 bits per heavy atom. The summed E-state index contributed by atoms with van der Waals surface area (Å²) in [4.78, 5) is 0. The summed E-state index contributed by atoms with van der Waals surface area (Å²) >= 11 is 0. The monoisotopic (exact) mass is 329 g/mol. The van der Waals surface area contributed by atoms with Crippen molar-refractivity contribution in [2.45, 2.75) is 129 Å². The van der Waals surface area contributed by atoms with Crippen molar-refractivity contribution in [3.63, 3.8) is 0 Å². The second-order valence-corrected chi connectivity index (χ2v) is 7.12. The number of unbranched alkanes of at least 4 members (excludes halogenated alkanes) is 14. The number of nitrogens with zero attached hydrogens (tertiary/aromatic N) is 1.